The van der Waals surface area contributed by atoms with Crippen LogP contribution in [0.5, 0.6) is 0 Å². The van der Waals surface area contributed by atoms with Crippen LogP contribution in [-0.2, 0) is 11.2 Å². The number of hydrogen-bond donors (Lipinski definition) is 1. The molecule has 1 amide bonds. The number of likely N-dealkylation sites (N-methyl/N-ethyl adjacent to an activating group) is 1. The minimum Gasteiger partial charge on any atom is -0.357 e. The van der Waals surface area contributed by atoms with Gasteiger partial charge in [0.2, 0.25) is 11.9 Å². The first-order valence-electron chi connectivity index (χ1n) is 6.52. The Balaban J connectivity index is 2.06. The zero-order chi connectivity index (χ0) is 14.3. The first-order valence-corrected chi connectivity index (χ1v) is 6.52. The van der Waals surface area contributed by atoms with Crippen LogP contribution >= 0.6 is 0 Å². The number of nitrogens with one attached hydrogen (secondary N) is 1. The van der Waals surface area contributed by atoms with E-state index in [0.29, 0.717) is 12.4 Å². The summed E-state index contributed by atoms with van der Waals surface area (Å²) in [5, 5.41) is 2.96. The van der Waals surface area contributed by atoms with Crippen LogP contribution in [0.25, 0.3) is 11.3 Å². The highest BCUT2D eigenvalue weighted by Crippen LogP contribution is 2.31. The highest BCUT2D eigenvalue weighted by atomic mass is 16.2. The van der Waals surface area contributed by atoms with Crippen molar-refractivity contribution in [2.24, 2.45) is 0 Å². The molecule has 20 heavy (non-hydrogen) atoms. The van der Waals surface area contributed by atoms with Gasteiger partial charge in [-0.3, -0.25) is 4.79 Å². The number of amides is 1. The molecule has 0 fully saturated rings. The molecule has 0 atom stereocenters. The third-order valence-corrected chi connectivity index (χ3v) is 3.53. The third kappa shape index (κ3) is 2.01. The Morgan fingerprint density at radius 2 is 2.05 bits per heavy atom. The molecule has 0 saturated carbocycles. The van der Waals surface area contributed by atoms with Crippen LogP contribution < -0.4 is 10.2 Å². The maximum atomic E-state index is 11.7. The molecular formula is C15H16N4O. The molecule has 1 aromatic heterocycles. The minimum absolute atomic E-state index is 0.131. The molecule has 1 N–H and O–H groups in total. The molecule has 2 heterocycles. The lowest BCUT2D eigenvalue weighted by atomic mass is 10.1. The van der Waals surface area contributed by atoms with Crippen LogP contribution in [0.2, 0.25) is 0 Å². The van der Waals surface area contributed by atoms with E-state index in [1.165, 1.54) is 0 Å². The first-order chi connectivity index (χ1) is 9.58. The zero-order valence-electron chi connectivity index (χ0n) is 11.8. The van der Waals surface area contributed by atoms with Crippen molar-refractivity contribution < 1.29 is 4.79 Å². The normalized spacial score (nSPS) is 13.6. The summed E-state index contributed by atoms with van der Waals surface area (Å²) in [5.74, 6) is 0.737. The second kappa shape index (κ2) is 4.59. The van der Waals surface area contributed by atoms with E-state index in [2.05, 4.69) is 15.3 Å². The summed E-state index contributed by atoms with van der Waals surface area (Å²) in [6.45, 7) is 1.94. The maximum absolute atomic E-state index is 11.7. The van der Waals surface area contributed by atoms with E-state index in [1.807, 2.05) is 38.2 Å². The van der Waals surface area contributed by atoms with Crippen molar-refractivity contribution in [1.29, 1.82) is 0 Å². The fraction of sp³-hybridized carbons (Fsp3) is 0.267. The molecule has 0 bridgehead atoms. The van der Waals surface area contributed by atoms with Crippen molar-refractivity contribution in [1.82, 2.24) is 9.97 Å². The van der Waals surface area contributed by atoms with Gasteiger partial charge in [-0.2, -0.15) is 0 Å². The third-order valence-electron chi connectivity index (χ3n) is 3.53. The molecule has 0 unspecified atom stereocenters. The van der Waals surface area contributed by atoms with Gasteiger partial charge in [0.25, 0.3) is 0 Å². The lowest BCUT2D eigenvalue weighted by Gasteiger charge is -2.11. The van der Waals surface area contributed by atoms with Crippen LogP contribution in [0, 0.1) is 6.92 Å². The van der Waals surface area contributed by atoms with Crippen molar-refractivity contribution in [2.45, 2.75) is 13.3 Å². The predicted octanol–water partition coefficient (Wildman–Crippen LogP) is 2.01. The lowest BCUT2D eigenvalue weighted by molar-refractivity contribution is -0.117. The van der Waals surface area contributed by atoms with Crippen molar-refractivity contribution >= 4 is 17.5 Å². The molecule has 5 nitrogen and oxygen atoms in total. The van der Waals surface area contributed by atoms with E-state index in [1.54, 1.807) is 11.9 Å². The van der Waals surface area contributed by atoms with E-state index in [0.717, 1.165) is 28.2 Å². The number of aromatic nitrogens is 2. The SMILES string of the molecule is CNc1nc(C)cc(-c2ccc3c(c2)CC(=O)N3C)n1. The average Bonchev–Trinajstić information content (AvgIpc) is 2.73. The molecule has 0 spiro atoms. The molecule has 0 aliphatic carbocycles. The molecule has 2 aromatic rings. The first kappa shape index (κ1) is 12.6. The van der Waals surface area contributed by atoms with Gasteiger partial charge < -0.3 is 10.2 Å². The highest BCUT2D eigenvalue weighted by molar-refractivity contribution is 6.01. The molecule has 1 aromatic carbocycles. The molecule has 0 radical (unpaired) electrons. The fourth-order valence-corrected chi connectivity index (χ4v) is 2.46. The number of anilines is 2. The van der Waals surface area contributed by atoms with Crippen LogP contribution in [0.4, 0.5) is 11.6 Å². The maximum Gasteiger partial charge on any atom is 0.231 e. The second-order valence-electron chi connectivity index (χ2n) is 4.94. The Kier molecular flexibility index (Phi) is 2.89. The minimum atomic E-state index is 0.131. The van der Waals surface area contributed by atoms with Gasteiger partial charge in [-0.25, -0.2) is 9.97 Å². The van der Waals surface area contributed by atoms with Gasteiger partial charge in [0.15, 0.2) is 0 Å². The molecule has 1 aliphatic heterocycles. The largest absolute Gasteiger partial charge is 0.357 e. The zero-order valence-corrected chi connectivity index (χ0v) is 11.8. The van der Waals surface area contributed by atoms with Gasteiger partial charge in [0.1, 0.15) is 0 Å². The lowest BCUT2D eigenvalue weighted by Crippen LogP contribution is -2.20. The summed E-state index contributed by atoms with van der Waals surface area (Å²) >= 11 is 0. The van der Waals surface area contributed by atoms with Crippen molar-refractivity contribution in [3.05, 3.63) is 35.5 Å². The van der Waals surface area contributed by atoms with E-state index >= 15 is 0 Å². The van der Waals surface area contributed by atoms with Gasteiger partial charge in [0, 0.05) is 31.0 Å². The topological polar surface area (TPSA) is 58.1 Å². The number of aryl methyl sites for hydroxylation is 1. The number of carbonyl (C=O) groups is 1. The summed E-state index contributed by atoms with van der Waals surface area (Å²) in [4.78, 5) is 22.2. The van der Waals surface area contributed by atoms with E-state index < -0.39 is 0 Å². The average molecular weight is 268 g/mol. The molecular weight excluding hydrogens is 252 g/mol. The van der Waals surface area contributed by atoms with E-state index in [9.17, 15) is 4.79 Å². The second-order valence-corrected chi connectivity index (χ2v) is 4.94. The molecule has 0 saturated heterocycles. The summed E-state index contributed by atoms with van der Waals surface area (Å²) in [5.41, 5.74) is 4.82. The number of carbonyl (C=O) groups excluding carboxylic acids is 1. The highest BCUT2D eigenvalue weighted by Gasteiger charge is 2.24. The van der Waals surface area contributed by atoms with Crippen molar-refractivity contribution in [2.75, 3.05) is 24.3 Å². The molecule has 1 aliphatic rings. The number of rotatable bonds is 2. The van der Waals surface area contributed by atoms with E-state index in [-0.39, 0.29) is 5.91 Å². The Morgan fingerprint density at radius 3 is 2.80 bits per heavy atom. The van der Waals surface area contributed by atoms with Gasteiger partial charge >= 0.3 is 0 Å². The van der Waals surface area contributed by atoms with Gasteiger partial charge in [-0.05, 0) is 30.7 Å². The number of hydrogen-bond acceptors (Lipinski definition) is 4. The molecule has 5 heteroatoms. The molecule has 102 valence electrons. The van der Waals surface area contributed by atoms with Crippen molar-refractivity contribution in [3.8, 4) is 11.3 Å². The van der Waals surface area contributed by atoms with Gasteiger partial charge in [0.05, 0.1) is 12.1 Å². The Labute approximate surface area is 117 Å². The van der Waals surface area contributed by atoms with Gasteiger partial charge in [-0.1, -0.05) is 6.07 Å². The Hall–Kier alpha value is -2.43. The van der Waals surface area contributed by atoms with Crippen LogP contribution in [0.15, 0.2) is 24.3 Å². The Morgan fingerprint density at radius 1 is 1.25 bits per heavy atom. The number of fused-ring (bicyclic) bond motifs is 1. The summed E-state index contributed by atoms with van der Waals surface area (Å²) < 4.78 is 0. The quantitative estimate of drug-likeness (QED) is 0.905. The standard InChI is InChI=1S/C15H16N4O/c1-9-6-12(18-15(16-2)17-9)10-4-5-13-11(7-10)8-14(20)19(13)3/h4-7H,8H2,1-3H3,(H,16,17,18). The van der Waals surface area contributed by atoms with Crippen LogP contribution in [0.1, 0.15) is 11.3 Å². The number of nitrogens with zero attached hydrogens (tertiary/aromatic N) is 3. The van der Waals surface area contributed by atoms with Crippen molar-refractivity contribution in [3.63, 3.8) is 0 Å². The summed E-state index contributed by atoms with van der Waals surface area (Å²) in [7, 11) is 3.61. The van der Waals surface area contributed by atoms with Gasteiger partial charge in [-0.15, -0.1) is 0 Å². The van der Waals surface area contributed by atoms with E-state index in [4.69, 9.17) is 0 Å². The monoisotopic (exact) mass is 268 g/mol. The number of benzene rings is 1. The predicted molar refractivity (Wildman–Crippen MR) is 78.9 cm³/mol. The summed E-state index contributed by atoms with van der Waals surface area (Å²) in [6, 6.07) is 7.96. The fourth-order valence-electron chi connectivity index (χ4n) is 2.46. The van der Waals surface area contributed by atoms with Crippen LogP contribution in [0.3, 0.4) is 0 Å². The van der Waals surface area contributed by atoms with Crippen LogP contribution in [-0.4, -0.2) is 30.0 Å². The molecule has 3 rings (SSSR count). The Bertz CT molecular complexity index is 696. The smallest absolute Gasteiger partial charge is 0.231 e. The summed E-state index contributed by atoms with van der Waals surface area (Å²) in [6.07, 6.45) is 0.461.